The zero-order chi connectivity index (χ0) is 8.58. The number of halogens is 5. The normalized spacial score (nSPS) is 17.0. The molecule has 1 atom stereocenters. The van der Waals surface area contributed by atoms with E-state index in [0.717, 1.165) is 0 Å². The SMILES string of the molecule is [B]C(C)C(F)(F)C(F)(F)F. The Morgan fingerprint density at radius 3 is 1.40 bits per heavy atom. The first-order chi connectivity index (χ1) is 4.19. The van der Waals surface area contributed by atoms with Crippen LogP contribution in [0.3, 0.4) is 0 Å². The molecule has 0 heterocycles. The second-order valence-corrected chi connectivity index (χ2v) is 1.91. The molecule has 0 spiro atoms. The van der Waals surface area contributed by atoms with Gasteiger partial charge in [0.15, 0.2) is 0 Å². The summed E-state index contributed by atoms with van der Waals surface area (Å²) in [4.78, 5) is 0. The molecule has 0 aliphatic carbocycles. The zero-order valence-electron chi connectivity index (χ0n) is 5.04. The molecule has 0 aromatic carbocycles. The molecule has 0 rings (SSSR count). The second kappa shape index (κ2) is 2.40. The first kappa shape index (κ1) is 9.71. The molecular formula is C4H4BF5. The van der Waals surface area contributed by atoms with E-state index in [1.165, 1.54) is 0 Å². The fourth-order valence-corrected chi connectivity index (χ4v) is 0.258. The van der Waals surface area contributed by atoms with Crippen molar-refractivity contribution >= 4 is 7.85 Å². The van der Waals surface area contributed by atoms with E-state index in [9.17, 15) is 22.0 Å². The molecule has 0 fully saturated rings. The van der Waals surface area contributed by atoms with E-state index < -0.39 is 17.9 Å². The highest BCUT2D eigenvalue weighted by atomic mass is 19.4. The van der Waals surface area contributed by atoms with E-state index in [1.807, 2.05) is 0 Å². The molecule has 1 unspecified atom stereocenters. The third-order valence-electron chi connectivity index (χ3n) is 0.950. The zero-order valence-corrected chi connectivity index (χ0v) is 5.04. The van der Waals surface area contributed by atoms with Gasteiger partial charge in [0.2, 0.25) is 0 Å². The summed E-state index contributed by atoms with van der Waals surface area (Å²) in [5.41, 5.74) is 0. The van der Waals surface area contributed by atoms with Gasteiger partial charge in [-0.2, -0.15) is 22.0 Å². The summed E-state index contributed by atoms with van der Waals surface area (Å²) in [5.74, 6) is -6.99. The molecule has 6 heteroatoms. The van der Waals surface area contributed by atoms with Crippen LogP contribution in [0.5, 0.6) is 0 Å². The lowest BCUT2D eigenvalue weighted by molar-refractivity contribution is -0.281. The quantitative estimate of drug-likeness (QED) is 0.405. The van der Waals surface area contributed by atoms with Crippen molar-refractivity contribution in [3.63, 3.8) is 0 Å². The van der Waals surface area contributed by atoms with E-state index in [-0.39, 0.29) is 0 Å². The molecule has 0 bridgehead atoms. The van der Waals surface area contributed by atoms with E-state index >= 15 is 0 Å². The average Bonchev–Trinajstić information content (AvgIpc) is 1.62. The third-order valence-corrected chi connectivity index (χ3v) is 0.950. The van der Waals surface area contributed by atoms with Crippen molar-refractivity contribution in [1.29, 1.82) is 0 Å². The summed E-state index contributed by atoms with van der Waals surface area (Å²) in [6.45, 7) is 0.605. The third kappa shape index (κ3) is 1.61. The van der Waals surface area contributed by atoms with E-state index in [4.69, 9.17) is 0 Å². The Kier molecular flexibility index (Phi) is 2.33. The maximum absolute atomic E-state index is 11.8. The molecular weight excluding hydrogens is 154 g/mol. The van der Waals surface area contributed by atoms with Crippen LogP contribution in [-0.4, -0.2) is 19.9 Å². The van der Waals surface area contributed by atoms with Crippen molar-refractivity contribution in [3.05, 3.63) is 0 Å². The lowest BCUT2D eigenvalue weighted by Gasteiger charge is -2.22. The van der Waals surface area contributed by atoms with Crippen LogP contribution in [0.15, 0.2) is 0 Å². The Morgan fingerprint density at radius 2 is 1.40 bits per heavy atom. The minimum Gasteiger partial charge on any atom is -0.197 e. The molecule has 2 radical (unpaired) electrons. The van der Waals surface area contributed by atoms with Crippen molar-refractivity contribution in [2.24, 2.45) is 0 Å². The van der Waals surface area contributed by atoms with Crippen LogP contribution in [-0.2, 0) is 0 Å². The standard InChI is InChI=1S/C4H4BF5/c1-2(5)3(6,7)4(8,9)10/h2H,1H3. The highest BCUT2D eigenvalue weighted by molar-refractivity contribution is 6.12. The first-order valence-electron chi connectivity index (χ1n) is 2.39. The van der Waals surface area contributed by atoms with Crippen molar-refractivity contribution in [1.82, 2.24) is 0 Å². The molecule has 0 aromatic rings. The molecule has 10 heavy (non-hydrogen) atoms. The summed E-state index contributed by atoms with van der Waals surface area (Å²) >= 11 is 0. The van der Waals surface area contributed by atoms with Gasteiger partial charge in [0.05, 0.1) is 7.85 Å². The van der Waals surface area contributed by atoms with Crippen LogP contribution >= 0.6 is 0 Å². The molecule has 0 saturated carbocycles. The second-order valence-electron chi connectivity index (χ2n) is 1.91. The van der Waals surface area contributed by atoms with E-state index in [1.54, 1.807) is 0 Å². The smallest absolute Gasteiger partial charge is 0.197 e. The average molecular weight is 158 g/mol. The fraction of sp³-hybridized carbons (Fsp3) is 1.00. The Bertz CT molecular complexity index is 115. The van der Waals surface area contributed by atoms with Gasteiger partial charge in [0.25, 0.3) is 0 Å². The highest BCUT2D eigenvalue weighted by Gasteiger charge is 2.58. The van der Waals surface area contributed by atoms with Crippen LogP contribution in [0.4, 0.5) is 22.0 Å². The van der Waals surface area contributed by atoms with Crippen molar-refractivity contribution in [2.75, 3.05) is 0 Å². The van der Waals surface area contributed by atoms with Crippen LogP contribution in [0.25, 0.3) is 0 Å². The monoisotopic (exact) mass is 158 g/mol. The molecule has 0 nitrogen and oxygen atoms in total. The highest BCUT2D eigenvalue weighted by Crippen LogP contribution is 2.42. The molecule has 0 aromatic heterocycles. The summed E-state index contributed by atoms with van der Waals surface area (Å²) in [7, 11) is 4.39. The van der Waals surface area contributed by atoms with Gasteiger partial charge >= 0.3 is 12.1 Å². The maximum Gasteiger partial charge on any atom is 0.452 e. The Morgan fingerprint density at radius 1 is 1.10 bits per heavy atom. The number of hydrogen-bond acceptors (Lipinski definition) is 0. The van der Waals surface area contributed by atoms with Gasteiger partial charge in [-0.15, -0.1) is 0 Å². The van der Waals surface area contributed by atoms with E-state index in [0.29, 0.717) is 6.92 Å². The molecule has 0 N–H and O–H groups in total. The first-order valence-corrected chi connectivity index (χ1v) is 2.39. The van der Waals surface area contributed by atoms with Crippen molar-refractivity contribution in [3.8, 4) is 0 Å². The molecule has 0 saturated heterocycles. The minimum absolute atomic E-state index is 0.605. The largest absolute Gasteiger partial charge is 0.452 e. The molecule has 58 valence electrons. The Balaban J connectivity index is 4.40. The van der Waals surface area contributed by atoms with Crippen LogP contribution < -0.4 is 0 Å². The van der Waals surface area contributed by atoms with Gasteiger partial charge in [0, 0.05) is 0 Å². The van der Waals surface area contributed by atoms with Gasteiger partial charge in [-0.05, 0) is 5.82 Å². The minimum atomic E-state index is -5.54. The number of rotatable bonds is 1. The number of hydrogen-bond donors (Lipinski definition) is 0. The van der Waals surface area contributed by atoms with Crippen molar-refractivity contribution < 1.29 is 22.0 Å². The summed E-state index contributed by atoms with van der Waals surface area (Å²) in [5, 5.41) is 0. The van der Waals surface area contributed by atoms with Gasteiger partial charge in [-0.25, -0.2) is 0 Å². The summed E-state index contributed by atoms with van der Waals surface area (Å²) in [6.07, 6.45) is -5.54. The van der Waals surface area contributed by atoms with Gasteiger partial charge < -0.3 is 0 Å². The van der Waals surface area contributed by atoms with Crippen LogP contribution in [0.1, 0.15) is 6.92 Å². The topological polar surface area (TPSA) is 0 Å². The molecule has 0 aliphatic rings. The van der Waals surface area contributed by atoms with Crippen LogP contribution in [0, 0.1) is 0 Å². The maximum atomic E-state index is 11.8. The fourth-order valence-electron chi connectivity index (χ4n) is 0.258. The van der Waals surface area contributed by atoms with Crippen molar-refractivity contribution in [2.45, 2.75) is 24.8 Å². The number of alkyl halides is 5. The predicted molar refractivity (Wildman–Crippen MR) is 26.2 cm³/mol. The lowest BCUT2D eigenvalue weighted by Crippen LogP contribution is -2.39. The molecule has 0 aliphatic heterocycles. The van der Waals surface area contributed by atoms with Gasteiger partial charge in [-0.3, -0.25) is 0 Å². The van der Waals surface area contributed by atoms with E-state index in [2.05, 4.69) is 7.85 Å². The lowest BCUT2D eigenvalue weighted by atomic mass is 9.83. The van der Waals surface area contributed by atoms with Crippen LogP contribution in [0.2, 0.25) is 5.82 Å². The Labute approximate surface area is 55.8 Å². The van der Waals surface area contributed by atoms with Gasteiger partial charge in [0.1, 0.15) is 0 Å². The Hall–Kier alpha value is -0.285. The predicted octanol–water partition coefficient (Wildman–Crippen LogP) is 2.16. The summed E-state index contributed by atoms with van der Waals surface area (Å²) < 4.78 is 57.4. The van der Waals surface area contributed by atoms with Gasteiger partial charge in [-0.1, -0.05) is 6.92 Å². The molecule has 0 amide bonds. The summed E-state index contributed by atoms with van der Waals surface area (Å²) in [6, 6.07) is 0.